The first kappa shape index (κ1) is 19.2. The van der Waals surface area contributed by atoms with E-state index in [2.05, 4.69) is 4.98 Å². The van der Waals surface area contributed by atoms with Gasteiger partial charge in [0.25, 0.3) is 0 Å². The van der Waals surface area contributed by atoms with E-state index in [-0.39, 0.29) is 6.54 Å². The zero-order chi connectivity index (χ0) is 19.1. The van der Waals surface area contributed by atoms with Crippen LogP contribution in [-0.4, -0.2) is 42.5 Å². The van der Waals surface area contributed by atoms with E-state index in [1.54, 1.807) is 31.5 Å². The van der Waals surface area contributed by atoms with Crippen LogP contribution in [0.5, 0.6) is 11.5 Å². The van der Waals surface area contributed by atoms with Gasteiger partial charge in [-0.3, -0.25) is 14.6 Å². The summed E-state index contributed by atoms with van der Waals surface area (Å²) in [5, 5.41) is 0. The molecule has 26 heavy (non-hydrogen) atoms. The molecule has 2 aromatic rings. The minimum Gasteiger partial charge on any atom is -0.497 e. The number of aryl methyl sites for hydroxylation is 1. The molecule has 0 fully saturated rings. The summed E-state index contributed by atoms with van der Waals surface area (Å²) in [6.45, 7) is 2.46. The average Bonchev–Trinajstić information content (AvgIpc) is 2.65. The van der Waals surface area contributed by atoms with Crippen LogP contribution in [-0.2, 0) is 22.6 Å². The Morgan fingerprint density at radius 1 is 1.15 bits per heavy atom. The first-order chi connectivity index (χ1) is 12.4. The molecule has 1 aromatic carbocycles. The zero-order valence-corrected chi connectivity index (χ0v) is 15.2. The second kappa shape index (κ2) is 8.84. The number of nitrogens with zero attached hydrogens (tertiary/aromatic N) is 2. The molecule has 138 valence electrons. The molecule has 0 bridgehead atoms. The van der Waals surface area contributed by atoms with E-state index in [1.165, 1.54) is 12.0 Å². The van der Waals surface area contributed by atoms with Gasteiger partial charge in [0, 0.05) is 43.0 Å². The molecule has 7 heteroatoms. The number of hydrogen-bond donors (Lipinski definition) is 1. The Balaban J connectivity index is 2.18. The molecule has 0 aliphatic rings. The van der Waals surface area contributed by atoms with Gasteiger partial charge in [-0.1, -0.05) is 6.07 Å². The summed E-state index contributed by atoms with van der Waals surface area (Å²) < 4.78 is 10.5. The number of nitrogens with two attached hydrogens (primary N) is 1. The van der Waals surface area contributed by atoms with Gasteiger partial charge < -0.3 is 20.1 Å². The first-order valence-corrected chi connectivity index (χ1v) is 8.15. The van der Waals surface area contributed by atoms with E-state index in [1.807, 2.05) is 19.1 Å². The van der Waals surface area contributed by atoms with Gasteiger partial charge in [-0.05, 0) is 30.7 Å². The molecule has 0 saturated heterocycles. The number of carbonyl (C=O) groups excluding carboxylic acids is 2. The third-order valence-corrected chi connectivity index (χ3v) is 3.96. The topological polar surface area (TPSA) is 94.8 Å². The van der Waals surface area contributed by atoms with Crippen molar-refractivity contribution in [2.75, 3.05) is 20.8 Å². The first-order valence-electron chi connectivity index (χ1n) is 8.15. The van der Waals surface area contributed by atoms with Crippen molar-refractivity contribution >= 4 is 11.8 Å². The number of benzene rings is 1. The Kier molecular flexibility index (Phi) is 6.54. The second-order valence-electron chi connectivity index (χ2n) is 5.85. The number of primary amides is 1. The largest absolute Gasteiger partial charge is 0.497 e. The Hall–Kier alpha value is -3.09. The van der Waals surface area contributed by atoms with Crippen LogP contribution in [0.1, 0.15) is 16.8 Å². The Bertz CT molecular complexity index is 775. The zero-order valence-electron chi connectivity index (χ0n) is 15.2. The molecule has 2 rings (SSSR count). The van der Waals surface area contributed by atoms with E-state index in [9.17, 15) is 9.59 Å². The molecule has 0 aliphatic carbocycles. The summed E-state index contributed by atoms with van der Waals surface area (Å²) in [4.78, 5) is 29.3. The fourth-order valence-electron chi connectivity index (χ4n) is 2.49. The summed E-state index contributed by atoms with van der Waals surface area (Å²) >= 11 is 0. The summed E-state index contributed by atoms with van der Waals surface area (Å²) in [5.74, 6) is -0.522. The van der Waals surface area contributed by atoms with Crippen molar-refractivity contribution in [1.82, 2.24) is 9.88 Å². The number of rotatable bonds is 7. The number of ether oxygens (including phenoxy) is 2. The molecule has 1 heterocycles. The van der Waals surface area contributed by atoms with Crippen LogP contribution in [0.25, 0.3) is 0 Å². The minimum absolute atomic E-state index is 0.195. The Labute approximate surface area is 152 Å². The number of carbonyl (C=O) groups is 2. The van der Waals surface area contributed by atoms with Gasteiger partial charge in [0.2, 0.25) is 0 Å². The molecule has 0 saturated carbocycles. The third-order valence-electron chi connectivity index (χ3n) is 3.96. The van der Waals surface area contributed by atoms with E-state index in [4.69, 9.17) is 15.2 Å². The highest BCUT2D eigenvalue weighted by atomic mass is 16.5. The van der Waals surface area contributed by atoms with Crippen LogP contribution in [0, 0.1) is 6.92 Å². The number of methoxy groups -OCH3 is 2. The van der Waals surface area contributed by atoms with Crippen molar-refractivity contribution in [3.05, 3.63) is 53.3 Å². The van der Waals surface area contributed by atoms with Crippen LogP contribution in [0.3, 0.4) is 0 Å². The maximum atomic E-state index is 12.2. The van der Waals surface area contributed by atoms with Gasteiger partial charge in [-0.2, -0.15) is 0 Å². The number of hydrogen-bond acceptors (Lipinski definition) is 5. The van der Waals surface area contributed by atoms with Crippen LogP contribution < -0.4 is 15.2 Å². The smallest absolute Gasteiger partial charge is 0.311 e. The van der Waals surface area contributed by atoms with Crippen LogP contribution in [0.2, 0.25) is 0 Å². The fourth-order valence-corrected chi connectivity index (χ4v) is 2.49. The lowest BCUT2D eigenvalue weighted by Crippen LogP contribution is -2.41. The number of aromatic nitrogens is 1. The summed E-state index contributed by atoms with van der Waals surface area (Å²) in [6.07, 6.45) is 2.28. The number of amides is 2. The van der Waals surface area contributed by atoms with Gasteiger partial charge in [0.15, 0.2) is 0 Å². The Morgan fingerprint density at radius 2 is 1.92 bits per heavy atom. The highest BCUT2D eigenvalue weighted by Crippen LogP contribution is 2.25. The standard InChI is InChI=1S/C19H23N3O4/c1-13-4-6-15(21-11-13)8-9-22(19(24)18(20)23)12-14-5-7-16(25-2)10-17(14)26-3/h4-7,10-11H,8-9,12H2,1-3H3,(H2,20,23). The highest BCUT2D eigenvalue weighted by Gasteiger charge is 2.21. The van der Waals surface area contributed by atoms with Gasteiger partial charge in [0.05, 0.1) is 14.2 Å². The van der Waals surface area contributed by atoms with Crippen LogP contribution in [0.15, 0.2) is 36.5 Å². The normalized spacial score (nSPS) is 10.3. The molecular formula is C19H23N3O4. The Morgan fingerprint density at radius 3 is 2.50 bits per heavy atom. The van der Waals surface area contributed by atoms with Crippen LogP contribution >= 0.6 is 0 Å². The lowest BCUT2D eigenvalue weighted by Gasteiger charge is -2.22. The molecule has 0 spiro atoms. The molecule has 2 N–H and O–H groups in total. The molecule has 7 nitrogen and oxygen atoms in total. The SMILES string of the molecule is COc1ccc(CN(CCc2ccc(C)cn2)C(=O)C(N)=O)c(OC)c1. The summed E-state index contributed by atoms with van der Waals surface area (Å²) in [5.41, 5.74) is 7.84. The van der Waals surface area contributed by atoms with Crippen molar-refractivity contribution in [1.29, 1.82) is 0 Å². The average molecular weight is 357 g/mol. The molecule has 0 atom stereocenters. The van der Waals surface area contributed by atoms with E-state index < -0.39 is 11.8 Å². The van der Waals surface area contributed by atoms with Crippen molar-refractivity contribution < 1.29 is 19.1 Å². The quantitative estimate of drug-likeness (QED) is 0.757. The summed E-state index contributed by atoms with van der Waals surface area (Å²) in [7, 11) is 3.10. The van der Waals surface area contributed by atoms with E-state index in [0.29, 0.717) is 24.5 Å². The minimum atomic E-state index is -0.991. The molecular weight excluding hydrogens is 334 g/mol. The lowest BCUT2D eigenvalue weighted by molar-refractivity contribution is -0.144. The number of pyridine rings is 1. The van der Waals surface area contributed by atoms with Crippen molar-refractivity contribution in [2.24, 2.45) is 5.73 Å². The lowest BCUT2D eigenvalue weighted by atomic mass is 10.1. The molecule has 0 radical (unpaired) electrons. The molecule has 2 amide bonds. The van der Waals surface area contributed by atoms with E-state index >= 15 is 0 Å². The van der Waals surface area contributed by atoms with Crippen molar-refractivity contribution in [3.63, 3.8) is 0 Å². The van der Waals surface area contributed by atoms with Crippen molar-refractivity contribution in [3.8, 4) is 11.5 Å². The molecule has 0 unspecified atom stereocenters. The second-order valence-corrected chi connectivity index (χ2v) is 5.85. The van der Waals surface area contributed by atoms with Crippen molar-refractivity contribution in [2.45, 2.75) is 19.9 Å². The molecule has 1 aromatic heterocycles. The van der Waals surface area contributed by atoms with Gasteiger partial charge >= 0.3 is 11.8 Å². The van der Waals surface area contributed by atoms with Gasteiger partial charge in [-0.15, -0.1) is 0 Å². The summed E-state index contributed by atoms with van der Waals surface area (Å²) in [6, 6.07) is 9.14. The van der Waals surface area contributed by atoms with Gasteiger partial charge in [-0.25, -0.2) is 0 Å². The highest BCUT2D eigenvalue weighted by molar-refractivity contribution is 6.34. The predicted octanol–water partition coefficient (Wildman–Crippen LogP) is 1.46. The van der Waals surface area contributed by atoms with Gasteiger partial charge in [0.1, 0.15) is 11.5 Å². The maximum Gasteiger partial charge on any atom is 0.311 e. The van der Waals surface area contributed by atoms with E-state index in [0.717, 1.165) is 16.8 Å². The van der Waals surface area contributed by atoms with Crippen LogP contribution in [0.4, 0.5) is 0 Å². The molecule has 0 aliphatic heterocycles. The fraction of sp³-hybridized carbons (Fsp3) is 0.316. The maximum absolute atomic E-state index is 12.2. The monoisotopic (exact) mass is 357 g/mol. The third kappa shape index (κ3) is 4.95. The predicted molar refractivity (Wildman–Crippen MR) is 96.8 cm³/mol.